The first kappa shape index (κ1) is 19.4. The van der Waals surface area contributed by atoms with Gasteiger partial charge in [-0.3, -0.25) is 9.59 Å². The van der Waals surface area contributed by atoms with Crippen LogP contribution in [0.5, 0.6) is 0 Å². The summed E-state index contributed by atoms with van der Waals surface area (Å²) in [6.45, 7) is 1.45. The van der Waals surface area contributed by atoms with Crippen molar-refractivity contribution in [2.75, 3.05) is 11.9 Å². The number of carbonyl (C=O) groups is 3. The number of aldehydes is 1. The van der Waals surface area contributed by atoms with E-state index in [1.54, 1.807) is 24.3 Å². The Morgan fingerprint density at radius 2 is 1.96 bits per heavy atom. The Bertz CT molecular complexity index is 1040. The predicted molar refractivity (Wildman–Crippen MR) is 105 cm³/mol. The Balaban J connectivity index is 1.67. The van der Waals surface area contributed by atoms with Crippen LogP contribution in [0.15, 0.2) is 59.0 Å². The van der Waals surface area contributed by atoms with Crippen molar-refractivity contribution in [2.24, 2.45) is 0 Å². The largest absolute Gasteiger partial charge is 0.453 e. The average molecular weight is 398 g/mol. The fraction of sp³-hybridized carbons (Fsp3) is 0.0952. The smallest absolute Gasteiger partial charge is 0.340 e. The van der Waals surface area contributed by atoms with Crippen LogP contribution in [0, 0.1) is 6.92 Å². The number of rotatable bonds is 6. The summed E-state index contributed by atoms with van der Waals surface area (Å²) in [6.07, 6.45) is 0.585. The lowest BCUT2D eigenvalue weighted by Gasteiger charge is -2.09. The molecule has 2 aromatic carbocycles. The summed E-state index contributed by atoms with van der Waals surface area (Å²) in [4.78, 5) is 35.1. The van der Waals surface area contributed by atoms with Crippen molar-refractivity contribution in [2.45, 2.75) is 6.92 Å². The molecular formula is C21H16ClNO5. The molecule has 0 fully saturated rings. The second-order valence-electron chi connectivity index (χ2n) is 6.01. The van der Waals surface area contributed by atoms with Crippen molar-refractivity contribution in [3.63, 3.8) is 0 Å². The number of halogens is 1. The molecule has 1 heterocycles. The standard InChI is InChI=1S/C21H16ClNO5/c1-13-3-2-4-15(9-13)23-20(25)12-27-21(26)17-10-14(5-7-18(17)22)19-8-6-16(11-24)28-19/h2-11H,12H2,1H3,(H,23,25). The van der Waals surface area contributed by atoms with Crippen LogP contribution in [0.1, 0.15) is 26.5 Å². The number of anilines is 1. The Hall–Kier alpha value is -3.38. The zero-order valence-corrected chi connectivity index (χ0v) is 15.7. The van der Waals surface area contributed by atoms with Gasteiger partial charge in [0.1, 0.15) is 5.76 Å². The van der Waals surface area contributed by atoms with Gasteiger partial charge in [0.25, 0.3) is 5.91 Å². The molecule has 3 aromatic rings. The quantitative estimate of drug-likeness (QED) is 0.488. The summed E-state index contributed by atoms with van der Waals surface area (Å²) < 4.78 is 10.4. The van der Waals surface area contributed by atoms with E-state index in [4.69, 9.17) is 20.8 Å². The number of hydrogen-bond donors (Lipinski definition) is 1. The molecule has 0 saturated carbocycles. The molecule has 0 aliphatic rings. The number of amides is 1. The number of aryl methyl sites for hydroxylation is 1. The molecule has 142 valence electrons. The van der Waals surface area contributed by atoms with E-state index < -0.39 is 18.5 Å². The molecule has 0 aliphatic heterocycles. The van der Waals surface area contributed by atoms with Gasteiger partial charge in [0.2, 0.25) is 0 Å². The fourth-order valence-corrected chi connectivity index (χ4v) is 2.73. The van der Waals surface area contributed by atoms with Crippen LogP contribution >= 0.6 is 11.6 Å². The zero-order valence-electron chi connectivity index (χ0n) is 14.9. The highest BCUT2D eigenvalue weighted by Gasteiger charge is 2.16. The number of carbonyl (C=O) groups excluding carboxylic acids is 3. The summed E-state index contributed by atoms with van der Waals surface area (Å²) in [5, 5.41) is 2.83. The molecule has 1 amide bonds. The average Bonchev–Trinajstić information content (AvgIpc) is 3.16. The molecule has 28 heavy (non-hydrogen) atoms. The molecule has 7 heteroatoms. The highest BCUT2D eigenvalue weighted by Crippen LogP contribution is 2.27. The van der Waals surface area contributed by atoms with Gasteiger partial charge in [0.15, 0.2) is 18.7 Å². The van der Waals surface area contributed by atoms with E-state index in [9.17, 15) is 14.4 Å². The van der Waals surface area contributed by atoms with Gasteiger partial charge in [0, 0.05) is 11.3 Å². The number of benzene rings is 2. The molecule has 0 saturated heterocycles. The second-order valence-corrected chi connectivity index (χ2v) is 6.42. The monoisotopic (exact) mass is 397 g/mol. The maximum atomic E-state index is 12.3. The highest BCUT2D eigenvalue weighted by atomic mass is 35.5. The number of ether oxygens (including phenoxy) is 1. The molecule has 1 N–H and O–H groups in total. The van der Waals surface area contributed by atoms with Crippen molar-refractivity contribution in [1.29, 1.82) is 0 Å². The minimum absolute atomic E-state index is 0.0894. The molecule has 6 nitrogen and oxygen atoms in total. The molecule has 0 aliphatic carbocycles. The van der Waals surface area contributed by atoms with Gasteiger partial charge in [-0.1, -0.05) is 23.7 Å². The van der Waals surface area contributed by atoms with Gasteiger partial charge in [-0.15, -0.1) is 0 Å². The van der Waals surface area contributed by atoms with Crippen molar-refractivity contribution in [3.8, 4) is 11.3 Å². The third-order valence-corrected chi connectivity index (χ3v) is 4.18. The van der Waals surface area contributed by atoms with Crippen molar-refractivity contribution < 1.29 is 23.5 Å². The van der Waals surface area contributed by atoms with Crippen LogP contribution in [0.4, 0.5) is 5.69 Å². The van der Waals surface area contributed by atoms with Crippen LogP contribution in [0.3, 0.4) is 0 Å². The van der Waals surface area contributed by atoms with E-state index >= 15 is 0 Å². The summed E-state index contributed by atoms with van der Waals surface area (Å²) in [5.74, 6) is -0.631. The molecule has 1 aromatic heterocycles. The molecule has 0 bridgehead atoms. The summed E-state index contributed by atoms with van der Waals surface area (Å²) in [6, 6.07) is 15.0. The first-order valence-electron chi connectivity index (χ1n) is 8.35. The van der Waals surface area contributed by atoms with Gasteiger partial charge in [-0.05, 0) is 55.0 Å². The van der Waals surface area contributed by atoms with Crippen molar-refractivity contribution in [1.82, 2.24) is 0 Å². The Morgan fingerprint density at radius 3 is 2.68 bits per heavy atom. The maximum absolute atomic E-state index is 12.3. The topological polar surface area (TPSA) is 85.6 Å². The lowest BCUT2D eigenvalue weighted by molar-refractivity contribution is -0.119. The number of furan rings is 1. The zero-order chi connectivity index (χ0) is 20.1. The SMILES string of the molecule is Cc1cccc(NC(=O)COC(=O)c2cc(-c3ccc(C=O)o3)ccc2Cl)c1. The van der Waals surface area contributed by atoms with E-state index in [0.29, 0.717) is 23.3 Å². The van der Waals surface area contributed by atoms with Crippen LogP contribution in [-0.4, -0.2) is 24.8 Å². The normalized spacial score (nSPS) is 10.4. The number of hydrogen-bond acceptors (Lipinski definition) is 5. The molecule has 0 radical (unpaired) electrons. The molecule has 0 spiro atoms. The first-order valence-corrected chi connectivity index (χ1v) is 8.72. The maximum Gasteiger partial charge on any atom is 0.340 e. The van der Waals surface area contributed by atoms with Crippen LogP contribution in [0.2, 0.25) is 5.02 Å². The Morgan fingerprint density at radius 1 is 1.14 bits per heavy atom. The molecular weight excluding hydrogens is 382 g/mol. The Labute approximate surface area is 166 Å². The number of esters is 1. The highest BCUT2D eigenvalue weighted by molar-refractivity contribution is 6.33. The van der Waals surface area contributed by atoms with E-state index in [1.807, 2.05) is 19.1 Å². The van der Waals surface area contributed by atoms with Gasteiger partial charge < -0.3 is 14.5 Å². The summed E-state index contributed by atoms with van der Waals surface area (Å²) in [7, 11) is 0. The predicted octanol–water partition coefficient (Wildman–Crippen LogP) is 4.52. The first-order chi connectivity index (χ1) is 13.5. The van der Waals surface area contributed by atoms with Gasteiger partial charge >= 0.3 is 5.97 Å². The van der Waals surface area contributed by atoms with Gasteiger partial charge in [-0.2, -0.15) is 0 Å². The van der Waals surface area contributed by atoms with Crippen molar-refractivity contribution in [3.05, 3.63) is 76.5 Å². The Kier molecular flexibility index (Phi) is 5.91. The van der Waals surface area contributed by atoms with E-state index in [0.717, 1.165) is 5.56 Å². The molecule has 3 rings (SSSR count). The molecule has 0 atom stereocenters. The lowest BCUT2D eigenvalue weighted by Crippen LogP contribution is -2.21. The van der Waals surface area contributed by atoms with Gasteiger partial charge in [-0.25, -0.2) is 4.79 Å². The van der Waals surface area contributed by atoms with Crippen LogP contribution in [-0.2, 0) is 9.53 Å². The lowest BCUT2D eigenvalue weighted by atomic mass is 10.1. The minimum atomic E-state index is -0.742. The summed E-state index contributed by atoms with van der Waals surface area (Å²) in [5.41, 5.74) is 2.25. The number of nitrogens with one attached hydrogen (secondary N) is 1. The van der Waals surface area contributed by atoms with E-state index in [1.165, 1.54) is 18.2 Å². The second kappa shape index (κ2) is 8.54. The third kappa shape index (κ3) is 4.66. The van der Waals surface area contributed by atoms with Crippen molar-refractivity contribution >= 4 is 35.5 Å². The fourth-order valence-electron chi connectivity index (χ4n) is 2.54. The summed E-state index contributed by atoms with van der Waals surface area (Å²) >= 11 is 6.09. The van der Waals surface area contributed by atoms with Crippen LogP contribution in [0.25, 0.3) is 11.3 Å². The van der Waals surface area contributed by atoms with E-state index in [-0.39, 0.29) is 16.3 Å². The van der Waals surface area contributed by atoms with E-state index in [2.05, 4.69) is 5.32 Å². The van der Waals surface area contributed by atoms with Gasteiger partial charge in [0.05, 0.1) is 10.6 Å². The molecule has 0 unspecified atom stereocenters. The van der Waals surface area contributed by atoms with Crippen LogP contribution < -0.4 is 5.32 Å². The minimum Gasteiger partial charge on any atom is -0.453 e. The third-order valence-electron chi connectivity index (χ3n) is 3.85.